The van der Waals surface area contributed by atoms with E-state index in [1.807, 2.05) is 0 Å². The van der Waals surface area contributed by atoms with E-state index in [1.54, 1.807) is 24.3 Å². The van der Waals surface area contributed by atoms with Crippen molar-refractivity contribution in [3.05, 3.63) is 58.8 Å². The van der Waals surface area contributed by atoms with Gasteiger partial charge in [0.15, 0.2) is 12.7 Å². The van der Waals surface area contributed by atoms with Crippen molar-refractivity contribution in [1.82, 2.24) is 10.9 Å². The van der Waals surface area contributed by atoms with Gasteiger partial charge in [0.1, 0.15) is 17.3 Å². The Kier molecular flexibility index (Phi) is 6.76. The lowest BCUT2D eigenvalue weighted by molar-refractivity contribution is -0.133. The molecule has 0 unspecified atom stereocenters. The van der Waals surface area contributed by atoms with E-state index in [0.717, 1.165) is 4.47 Å². The van der Waals surface area contributed by atoms with Gasteiger partial charge in [-0.1, -0.05) is 15.9 Å². The van der Waals surface area contributed by atoms with Crippen LogP contribution in [-0.2, 0) is 9.59 Å². The number of ether oxygens (including phenoxy) is 2. The third-order valence-electron chi connectivity index (χ3n) is 3.00. The van der Waals surface area contributed by atoms with E-state index in [2.05, 4.69) is 26.8 Å². The van der Waals surface area contributed by atoms with Crippen LogP contribution in [0.3, 0.4) is 0 Å². The van der Waals surface area contributed by atoms with Crippen molar-refractivity contribution in [2.75, 3.05) is 6.61 Å². The van der Waals surface area contributed by atoms with Gasteiger partial charge in [0.2, 0.25) is 0 Å². The van der Waals surface area contributed by atoms with Crippen molar-refractivity contribution >= 4 is 27.7 Å². The fraction of sp³-hybridized carbons (Fsp3) is 0.176. The van der Waals surface area contributed by atoms with Crippen LogP contribution in [0.2, 0.25) is 0 Å². The first-order valence-electron chi connectivity index (χ1n) is 7.33. The summed E-state index contributed by atoms with van der Waals surface area (Å²) in [7, 11) is 0. The zero-order valence-electron chi connectivity index (χ0n) is 13.3. The van der Waals surface area contributed by atoms with Crippen LogP contribution in [-0.4, -0.2) is 24.5 Å². The molecule has 2 N–H and O–H groups in total. The molecular weight excluding hydrogens is 395 g/mol. The monoisotopic (exact) mass is 410 g/mol. The maximum absolute atomic E-state index is 12.8. The van der Waals surface area contributed by atoms with E-state index in [4.69, 9.17) is 9.47 Å². The highest BCUT2D eigenvalue weighted by Gasteiger charge is 2.15. The first-order chi connectivity index (χ1) is 11.9. The summed E-state index contributed by atoms with van der Waals surface area (Å²) in [6.45, 7) is 1.25. The van der Waals surface area contributed by atoms with E-state index >= 15 is 0 Å². The van der Waals surface area contributed by atoms with Gasteiger partial charge in [0.25, 0.3) is 11.8 Å². The van der Waals surface area contributed by atoms with E-state index in [9.17, 15) is 14.0 Å². The van der Waals surface area contributed by atoms with Crippen LogP contribution in [0.4, 0.5) is 4.39 Å². The predicted molar refractivity (Wildman–Crippen MR) is 92.4 cm³/mol. The minimum atomic E-state index is -0.877. The van der Waals surface area contributed by atoms with Gasteiger partial charge in [0.05, 0.1) is 0 Å². The number of carbonyl (C=O) groups excluding carboxylic acids is 2. The molecular formula is C17H16BrFN2O4. The van der Waals surface area contributed by atoms with Gasteiger partial charge in [-0.3, -0.25) is 20.4 Å². The molecule has 0 bridgehead atoms. The van der Waals surface area contributed by atoms with Gasteiger partial charge < -0.3 is 9.47 Å². The Balaban J connectivity index is 1.71. The zero-order valence-corrected chi connectivity index (χ0v) is 14.9. The van der Waals surface area contributed by atoms with Crippen LogP contribution in [0.1, 0.15) is 6.92 Å². The second-order valence-corrected chi connectivity index (χ2v) is 5.91. The largest absolute Gasteiger partial charge is 0.484 e. The molecule has 2 aromatic rings. The van der Waals surface area contributed by atoms with Crippen molar-refractivity contribution in [3.63, 3.8) is 0 Å². The van der Waals surface area contributed by atoms with E-state index in [1.165, 1.54) is 31.2 Å². The van der Waals surface area contributed by atoms with Crippen LogP contribution < -0.4 is 20.3 Å². The van der Waals surface area contributed by atoms with Gasteiger partial charge >= 0.3 is 0 Å². The number of benzene rings is 2. The molecule has 132 valence electrons. The summed E-state index contributed by atoms with van der Waals surface area (Å²) < 4.78 is 24.3. The first-order valence-corrected chi connectivity index (χ1v) is 8.12. The molecule has 0 radical (unpaired) electrons. The molecule has 2 rings (SSSR count). The number of hydrogen-bond acceptors (Lipinski definition) is 4. The number of rotatable bonds is 6. The summed E-state index contributed by atoms with van der Waals surface area (Å²) in [6.07, 6.45) is -0.877. The van der Waals surface area contributed by atoms with Crippen molar-refractivity contribution in [2.45, 2.75) is 13.0 Å². The highest BCUT2D eigenvalue weighted by molar-refractivity contribution is 9.10. The molecule has 0 aliphatic rings. The summed E-state index contributed by atoms with van der Waals surface area (Å²) in [5.74, 6) is -0.610. The lowest BCUT2D eigenvalue weighted by Gasteiger charge is -2.15. The molecule has 0 aliphatic heterocycles. The fourth-order valence-electron chi connectivity index (χ4n) is 1.72. The Morgan fingerprint density at radius 3 is 2.28 bits per heavy atom. The summed E-state index contributed by atoms with van der Waals surface area (Å²) >= 11 is 3.29. The number of hydrogen-bond donors (Lipinski definition) is 2. The highest BCUT2D eigenvalue weighted by atomic mass is 79.9. The maximum atomic E-state index is 12.8. The normalized spacial score (nSPS) is 11.3. The average molecular weight is 411 g/mol. The molecule has 25 heavy (non-hydrogen) atoms. The molecule has 0 aromatic heterocycles. The van der Waals surface area contributed by atoms with Crippen molar-refractivity contribution in [3.8, 4) is 11.5 Å². The SMILES string of the molecule is C[C@H](Oc1ccc(F)cc1)C(=O)NNC(=O)COc1ccc(Br)cc1. The van der Waals surface area contributed by atoms with Gasteiger partial charge in [0, 0.05) is 4.47 Å². The first kappa shape index (κ1) is 18.7. The molecule has 8 heteroatoms. The van der Waals surface area contributed by atoms with E-state index in [-0.39, 0.29) is 6.61 Å². The quantitative estimate of drug-likeness (QED) is 0.717. The smallest absolute Gasteiger partial charge is 0.279 e. The Morgan fingerprint density at radius 1 is 1.04 bits per heavy atom. The zero-order chi connectivity index (χ0) is 18.2. The van der Waals surface area contributed by atoms with Crippen molar-refractivity contribution in [1.29, 1.82) is 0 Å². The second-order valence-electron chi connectivity index (χ2n) is 4.99. The molecule has 0 fully saturated rings. The molecule has 0 saturated heterocycles. The number of hydrazine groups is 1. The molecule has 0 aliphatic carbocycles. The Hall–Kier alpha value is -2.61. The average Bonchev–Trinajstić information content (AvgIpc) is 2.61. The number of halogens is 2. The van der Waals surface area contributed by atoms with Gasteiger partial charge in [-0.15, -0.1) is 0 Å². The Labute approximate surface area is 152 Å². The van der Waals surface area contributed by atoms with E-state index < -0.39 is 23.7 Å². The third-order valence-corrected chi connectivity index (χ3v) is 3.53. The molecule has 0 saturated carbocycles. The predicted octanol–water partition coefficient (Wildman–Crippen LogP) is 2.58. The van der Waals surface area contributed by atoms with Gasteiger partial charge in [-0.05, 0) is 55.5 Å². The molecule has 6 nitrogen and oxygen atoms in total. The minimum Gasteiger partial charge on any atom is -0.484 e. The minimum absolute atomic E-state index is 0.255. The van der Waals surface area contributed by atoms with Crippen LogP contribution in [0.15, 0.2) is 53.0 Å². The topological polar surface area (TPSA) is 76.7 Å². The maximum Gasteiger partial charge on any atom is 0.279 e. The Bertz CT molecular complexity index is 722. The van der Waals surface area contributed by atoms with Crippen molar-refractivity contribution in [2.24, 2.45) is 0 Å². The lowest BCUT2D eigenvalue weighted by Crippen LogP contribution is -2.48. The summed E-state index contributed by atoms with van der Waals surface area (Å²) in [5.41, 5.74) is 4.46. The molecule has 0 spiro atoms. The molecule has 0 heterocycles. The summed E-state index contributed by atoms with van der Waals surface area (Å²) in [6, 6.07) is 12.2. The molecule has 1 atom stereocenters. The number of carbonyl (C=O) groups is 2. The van der Waals surface area contributed by atoms with E-state index in [0.29, 0.717) is 11.5 Å². The van der Waals surface area contributed by atoms with Crippen molar-refractivity contribution < 1.29 is 23.5 Å². The fourth-order valence-corrected chi connectivity index (χ4v) is 1.98. The number of amides is 2. The van der Waals surface area contributed by atoms with Gasteiger partial charge in [-0.25, -0.2) is 4.39 Å². The second kappa shape index (κ2) is 9.03. The van der Waals surface area contributed by atoms with Crippen LogP contribution in [0, 0.1) is 5.82 Å². The highest BCUT2D eigenvalue weighted by Crippen LogP contribution is 2.16. The summed E-state index contributed by atoms with van der Waals surface area (Å²) in [4.78, 5) is 23.5. The molecule has 2 aromatic carbocycles. The lowest BCUT2D eigenvalue weighted by atomic mass is 10.3. The van der Waals surface area contributed by atoms with Crippen LogP contribution >= 0.6 is 15.9 Å². The van der Waals surface area contributed by atoms with Crippen LogP contribution in [0.5, 0.6) is 11.5 Å². The standard InChI is InChI=1S/C17H16BrFN2O4/c1-11(25-15-8-4-13(19)5-9-15)17(23)21-20-16(22)10-24-14-6-2-12(18)3-7-14/h2-9,11H,10H2,1H3,(H,20,22)(H,21,23)/t11-/m0/s1. The Morgan fingerprint density at radius 2 is 1.64 bits per heavy atom. The third kappa shape index (κ3) is 6.42. The van der Waals surface area contributed by atoms with Gasteiger partial charge in [-0.2, -0.15) is 0 Å². The van der Waals surface area contributed by atoms with Crippen LogP contribution in [0.25, 0.3) is 0 Å². The summed E-state index contributed by atoms with van der Waals surface area (Å²) in [5, 5.41) is 0. The number of nitrogens with one attached hydrogen (secondary N) is 2. The molecule has 2 amide bonds.